The number of carbonyl (C=O) groups excluding carboxylic acids is 1. The van der Waals surface area contributed by atoms with Crippen molar-refractivity contribution in [3.05, 3.63) is 33.1 Å². The van der Waals surface area contributed by atoms with E-state index in [4.69, 9.17) is 0 Å². The molecule has 4 heteroatoms. The van der Waals surface area contributed by atoms with Gasteiger partial charge < -0.3 is 5.32 Å². The largest absolute Gasteiger partial charge is 0.347 e. The minimum Gasteiger partial charge on any atom is -0.347 e. The lowest BCUT2D eigenvalue weighted by Crippen LogP contribution is -2.12. The van der Waals surface area contributed by atoms with Gasteiger partial charge in [0.2, 0.25) is 0 Å². The van der Waals surface area contributed by atoms with Crippen molar-refractivity contribution >= 4 is 43.3 Å². The molecule has 0 saturated heterocycles. The Labute approximate surface area is 93.1 Å². The fraction of sp³-hybridized carbons (Fsp3) is 0.100. The van der Waals surface area contributed by atoms with Crippen molar-refractivity contribution in [3.63, 3.8) is 0 Å². The quantitative estimate of drug-likeness (QED) is 0.782. The third kappa shape index (κ3) is 1.04. The fourth-order valence-electron chi connectivity index (χ4n) is 1.73. The summed E-state index contributed by atoms with van der Waals surface area (Å²) in [5.74, 6) is 0.0670. The van der Waals surface area contributed by atoms with Gasteiger partial charge in [-0.2, -0.15) is 0 Å². The Bertz CT molecular complexity index is 546. The zero-order chi connectivity index (χ0) is 9.71. The molecular formula is C10H6BrNOS. The van der Waals surface area contributed by atoms with E-state index in [0.29, 0.717) is 6.54 Å². The number of carbonyl (C=O) groups is 1. The van der Waals surface area contributed by atoms with Crippen LogP contribution in [0.4, 0.5) is 0 Å². The highest BCUT2D eigenvalue weighted by Crippen LogP contribution is 2.35. The summed E-state index contributed by atoms with van der Waals surface area (Å²) in [4.78, 5) is 12.3. The molecule has 70 valence electrons. The second-order valence-electron chi connectivity index (χ2n) is 3.23. The maximum atomic E-state index is 11.4. The molecular weight excluding hydrogens is 262 g/mol. The van der Waals surface area contributed by atoms with Crippen LogP contribution in [0.15, 0.2) is 22.7 Å². The highest BCUT2D eigenvalue weighted by Gasteiger charge is 2.23. The number of benzene rings is 1. The van der Waals surface area contributed by atoms with Gasteiger partial charge in [0.25, 0.3) is 5.91 Å². The zero-order valence-corrected chi connectivity index (χ0v) is 9.54. The van der Waals surface area contributed by atoms with Crippen molar-refractivity contribution in [1.29, 1.82) is 0 Å². The van der Waals surface area contributed by atoms with Crippen LogP contribution < -0.4 is 5.32 Å². The number of nitrogens with one attached hydrogen (secondary N) is 1. The summed E-state index contributed by atoms with van der Waals surface area (Å²) < 4.78 is 2.25. The van der Waals surface area contributed by atoms with Gasteiger partial charge in [0.05, 0.1) is 4.88 Å². The highest BCUT2D eigenvalue weighted by molar-refractivity contribution is 9.10. The third-order valence-electron chi connectivity index (χ3n) is 2.38. The molecule has 0 atom stereocenters. The highest BCUT2D eigenvalue weighted by atomic mass is 79.9. The van der Waals surface area contributed by atoms with Gasteiger partial charge in [-0.1, -0.05) is 15.9 Å². The van der Waals surface area contributed by atoms with E-state index < -0.39 is 0 Å². The molecule has 0 bridgehead atoms. The number of rotatable bonds is 0. The molecule has 1 aromatic heterocycles. The Morgan fingerprint density at radius 3 is 3.14 bits per heavy atom. The van der Waals surface area contributed by atoms with Crippen LogP contribution in [0.5, 0.6) is 0 Å². The first-order chi connectivity index (χ1) is 6.75. The second kappa shape index (κ2) is 2.81. The van der Waals surface area contributed by atoms with E-state index in [9.17, 15) is 4.79 Å². The van der Waals surface area contributed by atoms with Crippen molar-refractivity contribution in [1.82, 2.24) is 5.32 Å². The van der Waals surface area contributed by atoms with Gasteiger partial charge in [-0.3, -0.25) is 4.79 Å². The summed E-state index contributed by atoms with van der Waals surface area (Å²) in [7, 11) is 0. The topological polar surface area (TPSA) is 29.1 Å². The van der Waals surface area contributed by atoms with E-state index in [1.807, 2.05) is 6.07 Å². The van der Waals surface area contributed by atoms with Gasteiger partial charge in [0.15, 0.2) is 0 Å². The Hall–Kier alpha value is -0.870. The number of hydrogen-bond acceptors (Lipinski definition) is 2. The van der Waals surface area contributed by atoms with Crippen LogP contribution in [0.1, 0.15) is 15.2 Å². The monoisotopic (exact) mass is 267 g/mol. The van der Waals surface area contributed by atoms with E-state index in [1.165, 1.54) is 10.1 Å². The maximum Gasteiger partial charge on any atom is 0.262 e. The van der Waals surface area contributed by atoms with Gasteiger partial charge in [-0.25, -0.2) is 0 Å². The average molecular weight is 268 g/mol. The maximum absolute atomic E-state index is 11.4. The molecule has 0 fully saturated rings. The molecule has 1 aliphatic rings. The lowest BCUT2D eigenvalue weighted by Gasteiger charge is -1.94. The van der Waals surface area contributed by atoms with Gasteiger partial charge in [-0.05, 0) is 23.6 Å². The van der Waals surface area contributed by atoms with Crippen LogP contribution in [0, 0.1) is 0 Å². The summed E-state index contributed by atoms with van der Waals surface area (Å²) in [6.45, 7) is 0.671. The molecule has 3 rings (SSSR count). The zero-order valence-electron chi connectivity index (χ0n) is 7.13. The third-order valence-corrected chi connectivity index (χ3v) is 4.09. The molecule has 1 aliphatic heterocycles. The Morgan fingerprint density at radius 2 is 2.29 bits per heavy atom. The summed E-state index contributed by atoms with van der Waals surface area (Å²) in [5, 5.41) is 4.03. The van der Waals surface area contributed by atoms with Crippen LogP contribution >= 0.6 is 27.3 Å². The smallest absolute Gasteiger partial charge is 0.262 e. The number of fused-ring (bicyclic) bond motifs is 3. The molecule has 0 unspecified atom stereocenters. The SMILES string of the molecule is O=C1NCc2c1sc1ccc(Br)cc21. The summed E-state index contributed by atoms with van der Waals surface area (Å²) >= 11 is 5.01. The predicted molar refractivity (Wildman–Crippen MR) is 60.7 cm³/mol. The molecule has 0 saturated carbocycles. The lowest BCUT2D eigenvalue weighted by molar-refractivity contribution is 0.0969. The minimum atomic E-state index is 0.0670. The van der Waals surface area contributed by atoms with Gasteiger partial charge >= 0.3 is 0 Å². The minimum absolute atomic E-state index is 0.0670. The Morgan fingerprint density at radius 1 is 1.43 bits per heavy atom. The van der Waals surface area contributed by atoms with Crippen LogP contribution in [0.25, 0.3) is 10.1 Å². The van der Waals surface area contributed by atoms with Gasteiger partial charge in [0, 0.05) is 21.3 Å². The van der Waals surface area contributed by atoms with Crippen LogP contribution in [-0.4, -0.2) is 5.91 Å². The lowest BCUT2D eigenvalue weighted by atomic mass is 10.1. The standard InChI is InChI=1S/C10H6BrNOS/c11-5-1-2-8-6(3-5)7-4-12-10(13)9(7)14-8/h1-3H,4H2,(H,12,13). The Balaban J connectivity index is 2.41. The first kappa shape index (κ1) is 8.44. The van der Waals surface area contributed by atoms with Gasteiger partial charge in [-0.15, -0.1) is 11.3 Å². The summed E-state index contributed by atoms with van der Waals surface area (Å²) in [5.41, 5.74) is 1.15. The normalized spacial score (nSPS) is 14.5. The van der Waals surface area contributed by atoms with Crippen molar-refractivity contribution < 1.29 is 4.79 Å². The molecule has 1 N–H and O–H groups in total. The molecule has 2 aromatic rings. The van der Waals surface area contributed by atoms with Crippen LogP contribution in [0.2, 0.25) is 0 Å². The van der Waals surface area contributed by atoms with E-state index in [-0.39, 0.29) is 5.91 Å². The van der Waals surface area contributed by atoms with E-state index in [2.05, 4.69) is 33.4 Å². The number of amides is 1. The molecule has 0 spiro atoms. The average Bonchev–Trinajstić information content (AvgIpc) is 2.67. The van der Waals surface area contributed by atoms with Crippen LogP contribution in [0.3, 0.4) is 0 Å². The first-order valence-corrected chi connectivity index (χ1v) is 5.86. The molecule has 2 nitrogen and oxygen atoms in total. The number of hydrogen-bond donors (Lipinski definition) is 1. The molecule has 1 aromatic carbocycles. The molecule has 2 heterocycles. The van der Waals surface area contributed by atoms with Crippen molar-refractivity contribution in [3.8, 4) is 0 Å². The summed E-state index contributed by atoms with van der Waals surface area (Å²) in [6, 6.07) is 6.13. The van der Waals surface area contributed by atoms with E-state index in [1.54, 1.807) is 11.3 Å². The Kier molecular flexibility index (Phi) is 1.69. The van der Waals surface area contributed by atoms with Crippen molar-refractivity contribution in [2.75, 3.05) is 0 Å². The van der Waals surface area contributed by atoms with Gasteiger partial charge in [0.1, 0.15) is 0 Å². The molecule has 0 aliphatic carbocycles. The number of thiophene rings is 1. The van der Waals surface area contributed by atoms with Crippen molar-refractivity contribution in [2.45, 2.75) is 6.54 Å². The van der Waals surface area contributed by atoms with Crippen molar-refractivity contribution in [2.24, 2.45) is 0 Å². The van der Waals surface area contributed by atoms with Crippen LogP contribution in [-0.2, 0) is 6.54 Å². The molecule has 14 heavy (non-hydrogen) atoms. The fourth-order valence-corrected chi connectivity index (χ4v) is 3.21. The van der Waals surface area contributed by atoms with E-state index in [0.717, 1.165) is 14.9 Å². The summed E-state index contributed by atoms with van der Waals surface area (Å²) in [6.07, 6.45) is 0. The van der Waals surface area contributed by atoms with E-state index >= 15 is 0 Å². The first-order valence-electron chi connectivity index (χ1n) is 4.25. The molecule has 0 radical (unpaired) electrons. The number of halogens is 1. The molecule has 1 amide bonds. The second-order valence-corrected chi connectivity index (χ2v) is 5.20. The predicted octanol–water partition coefficient (Wildman–Crippen LogP) is 2.91.